The number of aliphatic hydroxyl groups is 1. The molecule has 1 aliphatic heterocycles. The lowest BCUT2D eigenvalue weighted by Crippen LogP contribution is -2.29. The second-order valence-electron chi connectivity index (χ2n) is 3.29. The molecule has 0 bridgehead atoms. The maximum Gasteiger partial charge on any atom is 0.265 e. The molecule has 3 nitrogen and oxygen atoms in total. The Balaban J connectivity index is 2.13. The van der Waals surface area contributed by atoms with Gasteiger partial charge in [0.1, 0.15) is 4.88 Å². The molecule has 2 rings (SSSR count). The molecule has 0 spiro atoms. The molecule has 1 unspecified atom stereocenters. The fourth-order valence-corrected chi connectivity index (χ4v) is 2.62. The van der Waals surface area contributed by atoms with E-state index in [9.17, 15) is 9.90 Å². The van der Waals surface area contributed by atoms with Crippen molar-refractivity contribution in [1.29, 1.82) is 0 Å². The van der Waals surface area contributed by atoms with Crippen LogP contribution in [0.1, 0.15) is 16.1 Å². The minimum atomic E-state index is -0.377. The predicted molar refractivity (Wildman–Crippen MR) is 55.9 cm³/mol. The molecule has 2 heterocycles. The number of halogens is 1. The Hall–Kier alpha value is -0.580. The van der Waals surface area contributed by atoms with Crippen molar-refractivity contribution in [2.24, 2.45) is 0 Å². The summed E-state index contributed by atoms with van der Waals surface area (Å²) in [7, 11) is 0. The lowest BCUT2D eigenvalue weighted by molar-refractivity contribution is 0.0770. The van der Waals surface area contributed by atoms with Crippen molar-refractivity contribution in [2.45, 2.75) is 12.5 Å². The SMILES string of the molecule is O=C(c1sccc1Cl)N1CCC(O)C1. The van der Waals surface area contributed by atoms with Crippen LogP contribution >= 0.6 is 22.9 Å². The van der Waals surface area contributed by atoms with Gasteiger partial charge in [-0.25, -0.2) is 0 Å². The molecule has 0 aromatic carbocycles. The van der Waals surface area contributed by atoms with E-state index in [0.29, 0.717) is 29.4 Å². The van der Waals surface area contributed by atoms with E-state index in [1.165, 1.54) is 11.3 Å². The molecule has 5 heteroatoms. The van der Waals surface area contributed by atoms with Crippen molar-refractivity contribution < 1.29 is 9.90 Å². The summed E-state index contributed by atoms with van der Waals surface area (Å²) in [6.07, 6.45) is 0.284. The maximum atomic E-state index is 11.8. The molecule has 14 heavy (non-hydrogen) atoms. The van der Waals surface area contributed by atoms with Crippen LogP contribution < -0.4 is 0 Å². The Morgan fingerprint density at radius 3 is 3.00 bits per heavy atom. The average molecular weight is 232 g/mol. The van der Waals surface area contributed by atoms with E-state index in [0.717, 1.165) is 0 Å². The van der Waals surface area contributed by atoms with Crippen LogP contribution in [0.5, 0.6) is 0 Å². The lowest BCUT2D eigenvalue weighted by Gasteiger charge is -2.14. The van der Waals surface area contributed by atoms with Crippen LogP contribution in [-0.2, 0) is 0 Å². The van der Waals surface area contributed by atoms with Gasteiger partial charge in [-0.3, -0.25) is 4.79 Å². The number of hydrogen-bond acceptors (Lipinski definition) is 3. The van der Waals surface area contributed by atoms with Crippen molar-refractivity contribution in [3.05, 3.63) is 21.3 Å². The molecule has 76 valence electrons. The second-order valence-corrected chi connectivity index (χ2v) is 4.61. The van der Waals surface area contributed by atoms with Crippen LogP contribution in [0, 0.1) is 0 Å². The van der Waals surface area contributed by atoms with Gasteiger partial charge >= 0.3 is 0 Å². The number of amides is 1. The van der Waals surface area contributed by atoms with Crippen molar-refractivity contribution in [3.63, 3.8) is 0 Å². The summed E-state index contributed by atoms with van der Waals surface area (Å²) in [5.74, 6) is -0.0680. The molecule has 1 atom stereocenters. The van der Waals surface area contributed by atoms with E-state index in [4.69, 9.17) is 11.6 Å². The highest BCUT2D eigenvalue weighted by Crippen LogP contribution is 2.25. The summed E-state index contributed by atoms with van der Waals surface area (Å²) in [5, 5.41) is 11.6. The molecule has 1 fully saturated rings. The first-order valence-electron chi connectivity index (χ1n) is 4.39. The minimum absolute atomic E-state index is 0.0680. The number of nitrogens with zero attached hydrogens (tertiary/aromatic N) is 1. The molecule has 1 aromatic rings. The largest absolute Gasteiger partial charge is 0.391 e. The van der Waals surface area contributed by atoms with Gasteiger partial charge in [-0.05, 0) is 17.9 Å². The van der Waals surface area contributed by atoms with E-state index in [-0.39, 0.29) is 12.0 Å². The first-order valence-corrected chi connectivity index (χ1v) is 5.64. The van der Waals surface area contributed by atoms with E-state index in [2.05, 4.69) is 0 Å². The third-order valence-corrected chi connectivity index (χ3v) is 3.59. The van der Waals surface area contributed by atoms with Gasteiger partial charge < -0.3 is 10.0 Å². The third-order valence-electron chi connectivity index (χ3n) is 2.26. The zero-order valence-electron chi connectivity index (χ0n) is 7.44. The number of likely N-dealkylation sites (tertiary alicyclic amines) is 1. The highest BCUT2D eigenvalue weighted by atomic mass is 35.5. The zero-order chi connectivity index (χ0) is 10.1. The van der Waals surface area contributed by atoms with E-state index in [1.54, 1.807) is 16.3 Å². The van der Waals surface area contributed by atoms with Gasteiger partial charge in [0, 0.05) is 13.1 Å². The van der Waals surface area contributed by atoms with Gasteiger partial charge in [0.25, 0.3) is 5.91 Å². The summed E-state index contributed by atoms with van der Waals surface area (Å²) in [6, 6.07) is 1.71. The average Bonchev–Trinajstić information content (AvgIpc) is 2.73. The number of carbonyl (C=O) groups is 1. The Morgan fingerprint density at radius 2 is 2.50 bits per heavy atom. The summed E-state index contributed by atoms with van der Waals surface area (Å²) >= 11 is 7.19. The first-order chi connectivity index (χ1) is 6.68. The normalized spacial score (nSPS) is 21.6. The Bertz CT molecular complexity index is 352. The van der Waals surface area contributed by atoms with Gasteiger partial charge in [-0.15, -0.1) is 11.3 Å². The van der Waals surface area contributed by atoms with Gasteiger partial charge in [-0.1, -0.05) is 11.6 Å². The summed E-state index contributed by atoms with van der Waals surface area (Å²) in [4.78, 5) is 14.0. The molecule has 1 saturated heterocycles. The molecule has 1 aliphatic rings. The van der Waals surface area contributed by atoms with Crippen molar-refractivity contribution in [1.82, 2.24) is 4.90 Å². The topological polar surface area (TPSA) is 40.5 Å². The molecule has 0 aliphatic carbocycles. The standard InChI is InChI=1S/C9H10ClNO2S/c10-7-2-4-14-8(7)9(13)11-3-1-6(12)5-11/h2,4,6,12H,1,3,5H2. The minimum Gasteiger partial charge on any atom is -0.391 e. The summed E-state index contributed by atoms with van der Waals surface area (Å²) in [6.45, 7) is 1.04. The number of β-amino-alcohol motifs (C(OH)–C–C–N with tert-alkyl or cyclic N) is 1. The van der Waals surface area contributed by atoms with Crippen molar-refractivity contribution in [2.75, 3.05) is 13.1 Å². The van der Waals surface area contributed by atoms with E-state index in [1.807, 2.05) is 0 Å². The zero-order valence-corrected chi connectivity index (χ0v) is 9.01. The lowest BCUT2D eigenvalue weighted by atomic mass is 10.3. The Labute approximate surface area is 90.9 Å². The molecular formula is C9H10ClNO2S. The molecule has 0 radical (unpaired) electrons. The molecule has 0 saturated carbocycles. The van der Waals surface area contributed by atoms with Gasteiger partial charge in [0.15, 0.2) is 0 Å². The van der Waals surface area contributed by atoms with E-state index < -0.39 is 0 Å². The second kappa shape index (κ2) is 3.88. The van der Waals surface area contributed by atoms with Gasteiger partial charge in [-0.2, -0.15) is 0 Å². The van der Waals surface area contributed by atoms with Crippen LogP contribution in [0.2, 0.25) is 5.02 Å². The summed E-state index contributed by atoms with van der Waals surface area (Å²) in [5.41, 5.74) is 0. The first kappa shape index (κ1) is 9.96. The number of aliphatic hydroxyl groups excluding tert-OH is 1. The van der Waals surface area contributed by atoms with Crippen LogP contribution in [0.15, 0.2) is 11.4 Å². The molecule has 1 N–H and O–H groups in total. The highest BCUT2D eigenvalue weighted by Gasteiger charge is 2.27. The quantitative estimate of drug-likeness (QED) is 0.798. The smallest absolute Gasteiger partial charge is 0.265 e. The predicted octanol–water partition coefficient (Wildman–Crippen LogP) is 1.61. The number of hydrogen-bond donors (Lipinski definition) is 1. The highest BCUT2D eigenvalue weighted by molar-refractivity contribution is 7.12. The van der Waals surface area contributed by atoms with Crippen molar-refractivity contribution in [3.8, 4) is 0 Å². The van der Waals surface area contributed by atoms with Crippen LogP contribution in [0.3, 0.4) is 0 Å². The number of carbonyl (C=O) groups excluding carboxylic acids is 1. The van der Waals surface area contributed by atoms with E-state index >= 15 is 0 Å². The third kappa shape index (κ3) is 1.78. The number of rotatable bonds is 1. The Morgan fingerprint density at radius 1 is 1.71 bits per heavy atom. The fourth-order valence-electron chi connectivity index (χ4n) is 1.52. The summed E-state index contributed by atoms with van der Waals surface area (Å²) < 4.78 is 0. The van der Waals surface area contributed by atoms with Gasteiger partial charge in [0.05, 0.1) is 11.1 Å². The van der Waals surface area contributed by atoms with Crippen LogP contribution in [0.25, 0.3) is 0 Å². The van der Waals surface area contributed by atoms with Gasteiger partial charge in [0.2, 0.25) is 0 Å². The van der Waals surface area contributed by atoms with Crippen molar-refractivity contribution >= 4 is 28.8 Å². The Kier molecular flexibility index (Phi) is 2.76. The van der Waals surface area contributed by atoms with Crippen LogP contribution in [-0.4, -0.2) is 35.1 Å². The van der Waals surface area contributed by atoms with Crippen LogP contribution in [0.4, 0.5) is 0 Å². The molecular weight excluding hydrogens is 222 g/mol. The number of thiophene rings is 1. The monoisotopic (exact) mass is 231 g/mol. The fraction of sp³-hybridized carbons (Fsp3) is 0.444. The molecule has 1 aromatic heterocycles. The maximum absolute atomic E-state index is 11.8. The molecule has 1 amide bonds.